The van der Waals surface area contributed by atoms with E-state index in [4.69, 9.17) is 0 Å². The Morgan fingerprint density at radius 3 is 2.19 bits per heavy atom. The van der Waals surface area contributed by atoms with Crippen LogP contribution in [0.1, 0.15) is 15.9 Å². The van der Waals surface area contributed by atoms with E-state index in [1.165, 1.54) is 36.4 Å². The first kappa shape index (κ1) is 18.6. The molecule has 27 heavy (non-hydrogen) atoms. The summed E-state index contributed by atoms with van der Waals surface area (Å²) in [7, 11) is -3.81. The second-order valence-electron chi connectivity index (χ2n) is 5.77. The van der Waals surface area contributed by atoms with Crippen LogP contribution in [-0.4, -0.2) is 14.3 Å². The zero-order valence-electron chi connectivity index (χ0n) is 14.2. The molecule has 0 aliphatic carbocycles. The monoisotopic (exact) mass is 384 g/mol. The van der Waals surface area contributed by atoms with Crippen molar-refractivity contribution in [2.45, 2.75) is 11.4 Å². The Morgan fingerprint density at radius 2 is 1.48 bits per heavy atom. The van der Waals surface area contributed by atoms with Crippen LogP contribution in [0, 0.1) is 5.82 Å². The fourth-order valence-corrected chi connectivity index (χ4v) is 3.55. The third-order valence-electron chi connectivity index (χ3n) is 3.84. The number of halogens is 1. The molecule has 0 unspecified atom stereocenters. The molecule has 0 fully saturated rings. The number of rotatable bonds is 6. The summed E-state index contributed by atoms with van der Waals surface area (Å²) in [6, 6.07) is 20.0. The van der Waals surface area contributed by atoms with Gasteiger partial charge in [0.1, 0.15) is 5.82 Å². The van der Waals surface area contributed by atoms with Gasteiger partial charge in [0, 0.05) is 6.54 Å². The van der Waals surface area contributed by atoms with Crippen LogP contribution in [0.3, 0.4) is 0 Å². The number of nitrogens with one attached hydrogen (secondary N) is 2. The van der Waals surface area contributed by atoms with E-state index < -0.39 is 15.9 Å². The molecule has 0 saturated heterocycles. The minimum atomic E-state index is -3.81. The largest absolute Gasteiger partial charge is 0.348 e. The fraction of sp³-hybridized carbons (Fsp3) is 0.0500. The van der Waals surface area contributed by atoms with Crippen LogP contribution in [0.5, 0.6) is 0 Å². The summed E-state index contributed by atoms with van der Waals surface area (Å²) in [5.41, 5.74) is 1.10. The van der Waals surface area contributed by atoms with Crippen molar-refractivity contribution in [3.8, 4) is 0 Å². The Kier molecular flexibility index (Phi) is 5.52. The topological polar surface area (TPSA) is 75.3 Å². The van der Waals surface area contributed by atoms with Crippen molar-refractivity contribution in [2.24, 2.45) is 0 Å². The van der Waals surface area contributed by atoms with E-state index in [1.54, 1.807) is 42.5 Å². The maximum atomic E-state index is 12.9. The Labute approximate surface area is 156 Å². The van der Waals surface area contributed by atoms with E-state index in [9.17, 15) is 17.6 Å². The summed E-state index contributed by atoms with van der Waals surface area (Å²) < 4.78 is 40.4. The van der Waals surface area contributed by atoms with E-state index in [0.29, 0.717) is 0 Å². The van der Waals surface area contributed by atoms with Gasteiger partial charge < -0.3 is 5.32 Å². The van der Waals surface area contributed by atoms with Gasteiger partial charge in [0.2, 0.25) is 0 Å². The normalized spacial score (nSPS) is 11.0. The van der Waals surface area contributed by atoms with Crippen LogP contribution in [0.4, 0.5) is 10.1 Å². The molecule has 0 aromatic heterocycles. The Morgan fingerprint density at radius 1 is 0.852 bits per heavy atom. The van der Waals surface area contributed by atoms with Gasteiger partial charge in [0.15, 0.2) is 0 Å². The maximum Gasteiger partial charge on any atom is 0.261 e. The lowest BCUT2D eigenvalue weighted by molar-refractivity contribution is 0.0952. The van der Waals surface area contributed by atoms with Crippen LogP contribution in [0.25, 0.3) is 0 Å². The molecule has 0 bridgehead atoms. The van der Waals surface area contributed by atoms with Crippen LogP contribution in [0.2, 0.25) is 0 Å². The van der Waals surface area contributed by atoms with Gasteiger partial charge in [0.25, 0.3) is 15.9 Å². The van der Waals surface area contributed by atoms with Gasteiger partial charge in [-0.25, -0.2) is 12.8 Å². The standard InChI is InChI=1S/C20H17FN2O3S/c21-16-12-10-15(11-13-16)14-22-20(24)18-8-4-5-9-19(18)23-27(25,26)17-6-2-1-3-7-17/h1-13,23H,14H2,(H,22,24). The van der Waals surface area contributed by atoms with E-state index in [-0.39, 0.29) is 28.5 Å². The van der Waals surface area contributed by atoms with E-state index >= 15 is 0 Å². The molecule has 0 aliphatic heterocycles. The van der Waals surface area contributed by atoms with E-state index in [1.807, 2.05) is 0 Å². The van der Waals surface area contributed by atoms with Gasteiger partial charge in [-0.15, -0.1) is 0 Å². The lowest BCUT2D eigenvalue weighted by Crippen LogP contribution is -2.25. The summed E-state index contributed by atoms with van der Waals surface area (Å²) in [4.78, 5) is 12.6. The van der Waals surface area contributed by atoms with Crippen LogP contribution >= 0.6 is 0 Å². The Hall–Kier alpha value is -3.19. The highest BCUT2D eigenvalue weighted by molar-refractivity contribution is 7.92. The smallest absolute Gasteiger partial charge is 0.261 e. The molecular formula is C20H17FN2O3S. The Balaban J connectivity index is 1.77. The van der Waals surface area contributed by atoms with Crippen LogP contribution in [0.15, 0.2) is 83.8 Å². The summed E-state index contributed by atoms with van der Waals surface area (Å²) in [5, 5.41) is 2.70. The summed E-state index contributed by atoms with van der Waals surface area (Å²) in [5.74, 6) is -0.795. The molecule has 0 atom stereocenters. The van der Waals surface area contributed by atoms with Gasteiger partial charge >= 0.3 is 0 Å². The van der Waals surface area contributed by atoms with Crippen molar-refractivity contribution < 1.29 is 17.6 Å². The summed E-state index contributed by atoms with van der Waals surface area (Å²) in [6.07, 6.45) is 0. The molecule has 1 amide bonds. The Bertz CT molecular complexity index is 1040. The summed E-state index contributed by atoms with van der Waals surface area (Å²) in [6.45, 7) is 0.193. The number of sulfonamides is 1. The maximum absolute atomic E-state index is 12.9. The molecule has 3 aromatic rings. The minimum Gasteiger partial charge on any atom is -0.348 e. The number of carbonyl (C=O) groups excluding carboxylic acids is 1. The number of para-hydroxylation sites is 1. The third kappa shape index (κ3) is 4.71. The zero-order valence-corrected chi connectivity index (χ0v) is 15.0. The van der Waals surface area contributed by atoms with Crippen molar-refractivity contribution >= 4 is 21.6 Å². The van der Waals surface area contributed by atoms with Crippen molar-refractivity contribution in [3.05, 3.63) is 95.8 Å². The number of hydrogen-bond donors (Lipinski definition) is 2. The molecule has 3 aromatic carbocycles. The SMILES string of the molecule is O=C(NCc1ccc(F)cc1)c1ccccc1NS(=O)(=O)c1ccccc1. The predicted molar refractivity (Wildman–Crippen MR) is 101 cm³/mol. The molecule has 0 heterocycles. The predicted octanol–water partition coefficient (Wildman–Crippen LogP) is 3.56. The zero-order chi connectivity index (χ0) is 19.3. The molecule has 7 heteroatoms. The molecule has 138 valence electrons. The number of carbonyl (C=O) groups is 1. The van der Waals surface area contributed by atoms with Crippen molar-refractivity contribution in [2.75, 3.05) is 4.72 Å². The highest BCUT2D eigenvalue weighted by atomic mass is 32.2. The van der Waals surface area contributed by atoms with Gasteiger partial charge in [0.05, 0.1) is 16.1 Å². The lowest BCUT2D eigenvalue weighted by atomic mass is 10.1. The third-order valence-corrected chi connectivity index (χ3v) is 5.22. The first-order chi connectivity index (χ1) is 13.0. The van der Waals surface area contributed by atoms with E-state index in [0.717, 1.165) is 5.56 Å². The quantitative estimate of drug-likeness (QED) is 0.682. The van der Waals surface area contributed by atoms with Gasteiger partial charge in [-0.1, -0.05) is 42.5 Å². The first-order valence-corrected chi connectivity index (χ1v) is 9.63. The molecule has 0 radical (unpaired) electrons. The molecule has 2 N–H and O–H groups in total. The van der Waals surface area contributed by atoms with Crippen molar-refractivity contribution in [3.63, 3.8) is 0 Å². The number of hydrogen-bond acceptors (Lipinski definition) is 3. The highest BCUT2D eigenvalue weighted by Crippen LogP contribution is 2.20. The lowest BCUT2D eigenvalue weighted by Gasteiger charge is -2.13. The minimum absolute atomic E-state index is 0.103. The number of anilines is 1. The molecule has 3 rings (SSSR count). The molecule has 0 saturated carbocycles. The van der Waals surface area contributed by atoms with Gasteiger partial charge in [-0.05, 0) is 42.0 Å². The molecule has 0 spiro atoms. The average Bonchev–Trinajstić information content (AvgIpc) is 2.68. The van der Waals surface area contributed by atoms with Gasteiger partial charge in [-0.2, -0.15) is 0 Å². The second-order valence-corrected chi connectivity index (χ2v) is 7.46. The first-order valence-electron chi connectivity index (χ1n) is 8.15. The van der Waals surface area contributed by atoms with Crippen LogP contribution < -0.4 is 10.0 Å². The number of amides is 1. The van der Waals surface area contributed by atoms with E-state index in [2.05, 4.69) is 10.0 Å². The van der Waals surface area contributed by atoms with Crippen molar-refractivity contribution in [1.29, 1.82) is 0 Å². The second kappa shape index (κ2) is 8.01. The molecule has 5 nitrogen and oxygen atoms in total. The fourth-order valence-electron chi connectivity index (χ4n) is 2.45. The summed E-state index contributed by atoms with van der Waals surface area (Å²) >= 11 is 0. The van der Waals surface area contributed by atoms with Gasteiger partial charge in [-0.3, -0.25) is 9.52 Å². The van der Waals surface area contributed by atoms with Crippen LogP contribution in [-0.2, 0) is 16.6 Å². The van der Waals surface area contributed by atoms with Crippen molar-refractivity contribution in [1.82, 2.24) is 5.32 Å². The highest BCUT2D eigenvalue weighted by Gasteiger charge is 2.18. The molecular weight excluding hydrogens is 367 g/mol. The number of benzene rings is 3. The molecule has 0 aliphatic rings. The average molecular weight is 384 g/mol.